The number of sulfonamides is 1. The molecule has 1 aliphatic heterocycles. The molecule has 112 valence electrons. The number of sulfone groups is 1. The summed E-state index contributed by atoms with van der Waals surface area (Å²) in [4.78, 5) is 10.3. The zero-order chi connectivity index (χ0) is 14.7. The van der Waals surface area contributed by atoms with E-state index in [0.717, 1.165) is 0 Å². The predicted molar refractivity (Wildman–Crippen MR) is 66.9 cm³/mol. The Bertz CT molecular complexity index is 511. The maximum absolute atomic E-state index is 11.8. The van der Waals surface area contributed by atoms with E-state index in [1.807, 2.05) is 0 Å². The Kier molecular flexibility index (Phi) is 5.30. The minimum atomic E-state index is -3.67. The molecule has 1 atom stereocenters. The summed E-state index contributed by atoms with van der Waals surface area (Å²) in [7, 11) is -6.80. The van der Waals surface area contributed by atoms with Crippen LogP contribution in [0.1, 0.15) is 19.3 Å². The number of carbonyl (C=O) groups is 1. The Morgan fingerprint density at radius 3 is 2.32 bits per heavy atom. The lowest BCUT2D eigenvalue weighted by molar-refractivity contribution is -0.146. The summed E-state index contributed by atoms with van der Waals surface area (Å²) in [5.41, 5.74) is 0. The predicted octanol–water partition coefficient (Wildman–Crippen LogP) is -1.68. The van der Waals surface area contributed by atoms with E-state index in [-0.39, 0.29) is 37.3 Å². The van der Waals surface area contributed by atoms with Gasteiger partial charge in [-0.2, -0.15) is 0 Å². The number of hydrogen-bond donors (Lipinski definition) is 3. The highest BCUT2D eigenvalue weighted by atomic mass is 32.2. The highest BCUT2D eigenvalue weighted by molar-refractivity contribution is 7.92. The second kappa shape index (κ2) is 6.16. The van der Waals surface area contributed by atoms with Crippen LogP contribution < -0.4 is 4.72 Å². The molecule has 1 fully saturated rings. The van der Waals surface area contributed by atoms with Crippen molar-refractivity contribution in [1.29, 1.82) is 0 Å². The van der Waals surface area contributed by atoms with Crippen LogP contribution in [0.15, 0.2) is 0 Å². The van der Waals surface area contributed by atoms with Gasteiger partial charge in [0, 0.05) is 6.54 Å². The van der Waals surface area contributed by atoms with Crippen molar-refractivity contribution in [3.63, 3.8) is 0 Å². The molecule has 19 heavy (non-hydrogen) atoms. The molecule has 1 heterocycles. The lowest BCUT2D eigenvalue weighted by Crippen LogP contribution is -2.41. The van der Waals surface area contributed by atoms with Crippen LogP contribution in [0.5, 0.6) is 0 Å². The first kappa shape index (κ1) is 16.3. The molecule has 0 amide bonds. The fourth-order valence-corrected chi connectivity index (χ4v) is 5.04. The van der Waals surface area contributed by atoms with Gasteiger partial charge < -0.3 is 10.2 Å². The van der Waals surface area contributed by atoms with E-state index >= 15 is 0 Å². The van der Waals surface area contributed by atoms with E-state index in [0.29, 0.717) is 0 Å². The quantitative estimate of drug-likeness (QED) is 0.532. The standard InChI is InChI=1S/C9H17NO7S2/c11-8(9(12)13)1-4-10-19(16,17)7-2-5-18(14,15)6-3-7/h7-8,10-11H,1-6H2,(H,12,13). The van der Waals surface area contributed by atoms with E-state index in [2.05, 4.69) is 4.72 Å². The zero-order valence-corrected chi connectivity index (χ0v) is 11.8. The number of carboxylic acid groups (broad SMARTS) is 1. The maximum Gasteiger partial charge on any atom is 0.332 e. The zero-order valence-electron chi connectivity index (χ0n) is 10.1. The minimum Gasteiger partial charge on any atom is -0.479 e. The minimum absolute atomic E-state index is 0.0408. The molecule has 0 spiro atoms. The Balaban J connectivity index is 2.47. The summed E-state index contributed by atoms with van der Waals surface area (Å²) in [6, 6.07) is 0. The van der Waals surface area contributed by atoms with Gasteiger partial charge in [0.1, 0.15) is 9.84 Å². The molecule has 0 aromatic heterocycles. The maximum atomic E-state index is 11.8. The molecule has 0 bridgehead atoms. The van der Waals surface area contributed by atoms with Gasteiger partial charge in [-0.05, 0) is 19.3 Å². The van der Waals surface area contributed by atoms with E-state index in [4.69, 9.17) is 10.2 Å². The van der Waals surface area contributed by atoms with Crippen molar-refractivity contribution in [2.45, 2.75) is 30.6 Å². The Hall–Kier alpha value is -0.710. The van der Waals surface area contributed by atoms with Crippen LogP contribution in [0.25, 0.3) is 0 Å². The first-order valence-electron chi connectivity index (χ1n) is 5.74. The van der Waals surface area contributed by atoms with Crippen molar-refractivity contribution in [2.24, 2.45) is 0 Å². The normalized spacial score (nSPS) is 21.9. The average molecular weight is 315 g/mol. The van der Waals surface area contributed by atoms with Crippen LogP contribution in [0.4, 0.5) is 0 Å². The fraction of sp³-hybridized carbons (Fsp3) is 0.889. The highest BCUT2D eigenvalue weighted by Gasteiger charge is 2.32. The summed E-state index contributed by atoms with van der Waals surface area (Å²) < 4.78 is 48.2. The van der Waals surface area contributed by atoms with Crippen molar-refractivity contribution < 1.29 is 31.8 Å². The molecule has 0 aromatic carbocycles. The molecule has 0 radical (unpaired) electrons. The molecule has 1 aliphatic rings. The molecule has 1 unspecified atom stereocenters. The number of aliphatic carboxylic acids is 1. The average Bonchev–Trinajstić information content (AvgIpc) is 2.27. The molecule has 10 heteroatoms. The van der Waals surface area contributed by atoms with Gasteiger partial charge in [0.15, 0.2) is 6.10 Å². The van der Waals surface area contributed by atoms with Crippen LogP contribution in [0, 0.1) is 0 Å². The summed E-state index contributed by atoms with van der Waals surface area (Å²) in [6.45, 7) is -0.195. The molecule has 0 aliphatic carbocycles. The smallest absolute Gasteiger partial charge is 0.332 e. The van der Waals surface area contributed by atoms with Crippen LogP contribution in [-0.2, 0) is 24.7 Å². The second-order valence-electron chi connectivity index (χ2n) is 4.43. The van der Waals surface area contributed by atoms with Crippen LogP contribution in [0.2, 0.25) is 0 Å². The van der Waals surface area contributed by atoms with Crippen LogP contribution >= 0.6 is 0 Å². The summed E-state index contributed by atoms with van der Waals surface area (Å²) in [6.07, 6.45) is -1.77. The molecule has 1 rings (SSSR count). The number of nitrogens with one attached hydrogen (secondary N) is 1. The molecule has 0 saturated carbocycles. The number of carboxylic acids is 1. The van der Waals surface area contributed by atoms with Gasteiger partial charge >= 0.3 is 5.97 Å². The van der Waals surface area contributed by atoms with Crippen molar-refractivity contribution >= 4 is 25.8 Å². The SMILES string of the molecule is O=C(O)C(O)CCNS(=O)(=O)C1CCS(=O)(=O)CC1. The molecule has 3 N–H and O–H groups in total. The molecule has 0 aromatic rings. The lowest BCUT2D eigenvalue weighted by atomic mass is 10.2. The van der Waals surface area contributed by atoms with Gasteiger partial charge in [-0.15, -0.1) is 0 Å². The van der Waals surface area contributed by atoms with Gasteiger partial charge in [-0.1, -0.05) is 0 Å². The Morgan fingerprint density at radius 1 is 1.32 bits per heavy atom. The van der Waals surface area contributed by atoms with E-state index in [1.165, 1.54) is 0 Å². The largest absolute Gasteiger partial charge is 0.479 e. The van der Waals surface area contributed by atoms with Gasteiger partial charge in [-0.3, -0.25) is 0 Å². The fourth-order valence-electron chi connectivity index (χ4n) is 1.76. The van der Waals surface area contributed by atoms with Gasteiger partial charge in [0.25, 0.3) is 0 Å². The van der Waals surface area contributed by atoms with E-state index in [9.17, 15) is 21.6 Å². The van der Waals surface area contributed by atoms with Crippen molar-refractivity contribution in [3.05, 3.63) is 0 Å². The Labute approximate surface area is 111 Å². The van der Waals surface area contributed by atoms with E-state index in [1.54, 1.807) is 0 Å². The first-order chi connectivity index (χ1) is 8.64. The number of aliphatic hydroxyl groups excluding tert-OH is 1. The summed E-state index contributed by atoms with van der Waals surface area (Å²) in [5, 5.41) is 16.6. The first-order valence-corrected chi connectivity index (χ1v) is 9.10. The number of rotatable bonds is 6. The summed E-state index contributed by atoms with van der Waals surface area (Å²) >= 11 is 0. The third-order valence-corrected chi connectivity index (χ3v) is 6.62. The van der Waals surface area contributed by atoms with Gasteiger partial charge in [0.2, 0.25) is 10.0 Å². The van der Waals surface area contributed by atoms with Crippen molar-refractivity contribution in [3.8, 4) is 0 Å². The number of aliphatic hydroxyl groups is 1. The monoisotopic (exact) mass is 315 g/mol. The van der Waals surface area contributed by atoms with Crippen LogP contribution in [0.3, 0.4) is 0 Å². The van der Waals surface area contributed by atoms with Crippen LogP contribution in [-0.4, -0.2) is 62.4 Å². The molecular formula is C9H17NO7S2. The van der Waals surface area contributed by atoms with E-state index < -0.39 is 37.2 Å². The van der Waals surface area contributed by atoms with Crippen molar-refractivity contribution in [1.82, 2.24) is 4.72 Å². The molecular weight excluding hydrogens is 298 g/mol. The second-order valence-corrected chi connectivity index (χ2v) is 8.78. The third kappa shape index (κ3) is 5.05. The third-order valence-electron chi connectivity index (χ3n) is 2.95. The highest BCUT2D eigenvalue weighted by Crippen LogP contribution is 2.18. The van der Waals surface area contributed by atoms with Gasteiger partial charge in [0.05, 0.1) is 16.8 Å². The topological polar surface area (TPSA) is 138 Å². The Morgan fingerprint density at radius 2 is 1.84 bits per heavy atom. The molecule has 1 saturated heterocycles. The van der Waals surface area contributed by atoms with Crippen molar-refractivity contribution in [2.75, 3.05) is 18.1 Å². The lowest BCUT2D eigenvalue weighted by Gasteiger charge is -2.22. The molecule has 8 nitrogen and oxygen atoms in total. The van der Waals surface area contributed by atoms with Gasteiger partial charge in [-0.25, -0.2) is 26.4 Å². The summed E-state index contributed by atoms with van der Waals surface area (Å²) in [5.74, 6) is -1.73. The number of hydrogen-bond acceptors (Lipinski definition) is 6.